The van der Waals surface area contributed by atoms with Crippen molar-refractivity contribution in [1.82, 2.24) is 4.90 Å². The molecule has 2 aliphatic heterocycles. The molecule has 190 valence electrons. The first-order chi connectivity index (χ1) is 17.9. The predicted octanol–water partition coefficient (Wildman–Crippen LogP) is 4.15. The number of Topliss-reactive ketones (excluding diaryl/α,β-unsaturated/α-hetero) is 1. The zero-order valence-electron chi connectivity index (χ0n) is 20.3. The highest BCUT2D eigenvalue weighted by Crippen LogP contribution is 2.43. The van der Waals surface area contributed by atoms with Gasteiger partial charge >= 0.3 is 0 Å². The van der Waals surface area contributed by atoms with E-state index in [9.17, 15) is 19.8 Å². The van der Waals surface area contributed by atoms with Gasteiger partial charge in [-0.2, -0.15) is 0 Å². The molecular formula is C28H25NO8. The number of hydrogen-bond acceptors (Lipinski definition) is 8. The second-order valence-corrected chi connectivity index (χ2v) is 8.50. The van der Waals surface area contributed by atoms with Crippen LogP contribution in [0.15, 0.2) is 66.2 Å². The number of nitrogens with zero attached hydrogens (tertiary/aromatic N) is 1. The van der Waals surface area contributed by atoms with E-state index in [0.29, 0.717) is 35.0 Å². The molecule has 1 unspecified atom stereocenters. The lowest BCUT2D eigenvalue weighted by atomic mass is 9.94. The summed E-state index contributed by atoms with van der Waals surface area (Å²) in [4.78, 5) is 28.1. The molecule has 1 atom stereocenters. The first-order valence-electron chi connectivity index (χ1n) is 11.7. The van der Waals surface area contributed by atoms with E-state index < -0.39 is 17.7 Å². The number of ether oxygens (including phenoxy) is 4. The van der Waals surface area contributed by atoms with Crippen LogP contribution < -0.4 is 18.9 Å². The van der Waals surface area contributed by atoms with Gasteiger partial charge in [-0.1, -0.05) is 18.2 Å². The van der Waals surface area contributed by atoms with E-state index in [1.54, 1.807) is 68.6 Å². The van der Waals surface area contributed by atoms with Crippen molar-refractivity contribution in [2.75, 3.05) is 20.5 Å². The SMILES string of the molecule is CCOc1cc(C2/C(=C(\O)c3ccc4c(c3)OCO4)C(=O)C(=O)N2Cc2ccc(OC)cc2)ccc1O. The summed E-state index contributed by atoms with van der Waals surface area (Å²) in [5.41, 5.74) is 1.49. The molecule has 3 aromatic carbocycles. The molecule has 9 nitrogen and oxygen atoms in total. The second kappa shape index (κ2) is 9.77. The highest BCUT2D eigenvalue weighted by atomic mass is 16.7. The zero-order chi connectivity index (χ0) is 26.1. The van der Waals surface area contributed by atoms with Gasteiger partial charge in [-0.3, -0.25) is 9.59 Å². The fourth-order valence-electron chi connectivity index (χ4n) is 4.49. The van der Waals surface area contributed by atoms with Crippen molar-refractivity contribution in [3.8, 4) is 28.7 Å². The maximum Gasteiger partial charge on any atom is 0.295 e. The first-order valence-corrected chi connectivity index (χ1v) is 11.7. The van der Waals surface area contributed by atoms with Crippen LogP contribution in [0.4, 0.5) is 0 Å². The number of rotatable bonds is 7. The minimum absolute atomic E-state index is 0.0551. The number of phenolic OH excluding ortho intramolecular Hbond substituents is 1. The number of ketones is 1. The number of amides is 1. The van der Waals surface area contributed by atoms with Gasteiger partial charge in [0.05, 0.1) is 25.3 Å². The predicted molar refractivity (Wildman–Crippen MR) is 133 cm³/mol. The lowest BCUT2D eigenvalue weighted by Gasteiger charge is -2.26. The molecule has 0 aromatic heterocycles. The van der Waals surface area contributed by atoms with Crippen LogP contribution in [-0.4, -0.2) is 47.3 Å². The van der Waals surface area contributed by atoms with Gasteiger partial charge in [-0.25, -0.2) is 0 Å². The summed E-state index contributed by atoms with van der Waals surface area (Å²) in [5, 5.41) is 21.6. The fourth-order valence-corrected chi connectivity index (χ4v) is 4.49. The number of fused-ring (bicyclic) bond motifs is 1. The normalized spacial score (nSPS) is 17.8. The van der Waals surface area contributed by atoms with Gasteiger partial charge in [0.2, 0.25) is 6.79 Å². The molecule has 0 radical (unpaired) electrons. The number of aromatic hydroxyl groups is 1. The summed E-state index contributed by atoms with van der Waals surface area (Å²) >= 11 is 0. The number of carbonyl (C=O) groups excluding carboxylic acids is 2. The van der Waals surface area contributed by atoms with Gasteiger partial charge in [0.1, 0.15) is 11.5 Å². The Balaban J connectivity index is 1.63. The van der Waals surface area contributed by atoms with Crippen LogP contribution in [-0.2, 0) is 16.1 Å². The Kier molecular flexibility index (Phi) is 6.35. The molecule has 2 heterocycles. The molecule has 2 N–H and O–H groups in total. The van der Waals surface area contributed by atoms with E-state index in [2.05, 4.69) is 0 Å². The summed E-state index contributed by atoms with van der Waals surface area (Å²) in [7, 11) is 1.56. The molecule has 2 aliphatic rings. The highest BCUT2D eigenvalue weighted by Gasteiger charge is 2.46. The number of aliphatic hydroxyl groups is 1. The molecule has 0 spiro atoms. The number of benzene rings is 3. The molecule has 9 heteroatoms. The first kappa shape index (κ1) is 24.1. The number of methoxy groups -OCH3 is 1. The van der Waals surface area contributed by atoms with Gasteiger partial charge in [-0.15, -0.1) is 0 Å². The average Bonchev–Trinajstić information content (AvgIpc) is 3.48. The van der Waals surface area contributed by atoms with Crippen molar-refractivity contribution >= 4 is 17.4 Å². The third kappa shape index (κ3) is 4.40. The molecule has 37 heavy (non-hydrogen) atoms. The monoisotopic (exact) mass is 503 g/mol. The third-order valence-electron chi connectivity index (χ3n) is 6.30. The number of likely N-dealkylation sites (tertiary alicyclic amines) is 1. The van der Waals surface area contributed by atoms with Crippen molar-refractivity contribution in [1.29, 1.82) is 0 Å². The van der Waals surface area contributed by atoms with Crippen molar-refractivity contribution < 1.29 is 38.7 Å². The van der Waals surface area contributed by atoms with Crippen LogP contribution in [0.1, 0.15) is 29.7 Å². The number of aliphatic hydroxyl groups excluding tert-OH is 1. The summed E-state index contributed by atoms with van der Waals surface area (Å²) in [5.74, 6) is -0.181. The van der Waals surface area contributed by atoms with Crippen LogP contribution in [0.3, 0.4) is 0 Å². The smallest absolute Gasteiger partial charge is 0.295 e. The molecule has 3 aromatic rings. The Morgan fingerprint density at radius 2 is 1.78 bits per heavy atom. The van der Waals surface area contributed by atoms with Crippen LogP contribution in [0.5, 0.6) is 28.7 Å². The van der Waals surface area contributed by atoms with Crippen LogP contribution >= 0.6 is 0 Å². The maximum atomic E-state index is 13.4. The van der Waals surface area contributed by atoms with Crippen LogP contribution in [0, 0.1) is 0 Å². The minimum Gasteiger partial charge on any atom is -0.507 e. The maximum absolute atomic E-state index is 13.4. The Labute approximate surface area is 213 Å². The Bertz CT molecular complexity index is 1400. The fraction of sp³-hybridized carbons (Fsp3) is 0.214. The average molecular weight is 504 g/mol. The zero-order valence-corrected chi connectivity index (χ0v) is 20.3. The summed E-state index contributed by atoms with van der Waals surface area (Å²) in [6.07, 6.45) is 0. The van der Waals surface area contributed by atoms with Gasteiger partial charge < -0.3 is 34.1 Å². The molecule has 0 bridgehead atoms. The molecular weight excluding hydrogens is 478 g/mol. The summed E-state index contributed by atoms with van der Waals surface area (Å²) in [6, 6.07) is 15.6. The largest absolute Gasteiger partial charge is 0.507 e. The molecule has 0 saturated carbocycles. The van der Waals surface area contributed by atoms with Gasteiger partial charge in [0.15, 0.2) is 23.0 Å². The topological polar surface area (TPSA) is 115 Å². The van der Waals surface area contributed by atoms with Gasteiger partial charge in [-0.05, 0) is 60.5 Å². The molecule has 1 amide bonds. The Morgan fingerprint density at radius 1 is 1.03 bits per heavy atom. The van der Waals surface area contributed by atoms with Crippen LogP contribution in [0.2, 0.25) is 0 Å². The van der Waals surface area contributed by atoms with Crippen LogP contribution in [0.25, 0.3) is 5.76 Å². The quantitative estimate of drug-likeness (QED) is 0.281. The van der Waals surface area contributed by atoms with Crippen molar-refractivity contribution in [3.05, 3.63) is 82.9 Å². The number of carbonyl (C=O) groups is 2. The molecule has 0 aliphatic carbocycles. The van der Waals surface area contributed by atoms with E-state index in [1.165, 1.54) is 11.0 Å². The van der Waals surface area contributed by atoms with E-state index >= 15 is 0 Å². The Morgan fingerprint density at radius 3 is 2.51 bits per heavy atom. The van der Waals surface area contributed by atoms with Crippen molar-refractivity contribution in [2.24, 2.45) is 0 Å². The second-order valence-electron chi connectivity index (χ2n) is 8.50. The van der Waals surface area contributed by atoms with Crippen molar-refractivity contribution in [2.45, 2.75) is 19.5 Å². The van der Waals surface area contributed by atoms with Gasteiger partial charge in [0.25, 0.3) is 11.7 Å². The lowest BCUT2D eigenvalue weighted by molar-refractivity contribution is -0.140. The Hall–Kier alpha value is -4.66. The van der Waals surface area contributed by atoms with E-state index in [-0.39, 0.29) is 36.2 Å². The van der Waals surface area contributed by atoms with E-state index in [1.807, 2.05) is 0 Å². The third-order valence-corrected chi connectivity index (χ3v) is 6.30. The highest BCUT2D eigenvalue weighted by molar-refractivity contribution is 6.46. The summed E-state index contributed by atoms with van der Waals surface area (Å²) in [6.45, 7) is 2.24. The van der Waals surface area contributed by atoms with E-state index in [0.717, 1.165) is 5.56 Å². The van der Waals surface area contributed by atoms with Crippen molar-refractivity contribution in [3.63, 3.8) is 0 Å². The number of phenols is 1. The lowest BCUT2D eigenvalue weighted by Crippen LogP contribution is -2.29. The van der Waals surface area contributed by atoms with E-state index in [4.69, 9.17) is 18.9 Å². The number of hydrogen-bond donors (Lipinski definition) is 2. The molecule has 5 rings (SSSR count). The standard InChI is InChI=1S/C28H25NO8/c1-3-35-22-12-17(6-10-20(22)30)25-24(26(31)18-7-11-21-23(13-18)37-15-36-21)27(32)28(33)29(25)14-16-4-8-19(34-2)9-5-16/h4-13,25,30-31H,3,14-15H2,1-2H3/b26-24+. The summed E-state index contributed by atoms with van der Waals surface area (Å²) < 4.78 is 21.5. The molecule has 1 saturated heterocycles. The minimum atomic E-state index is -0.938. The van der Waals surface area contributed by atoms with Gasteiger partial charge in [0, 0.05) is 12.1 Å². The molecule has 1 fully saturated rings.